The molecule has 6 heteroatoms. The van der Waals surface area contributed by atoms with Gasteiger partial charge in [0.15, 0.2) is 0 Å². The highest BCUT2D eigenvalue weighted by atomic mass is 32.1. The Kier molecular flexibility index (Phi) is 4.61. The molecule has 3 N–H and O–H groups in total. The third kappa shape index (κ3) is 3.88. The largest absolute Gasteiger partial charge is 0.346 e. The van der Waals surface area contributed by atoms with Crippen LogP contribution < -0.4 is 11.1 Å². The fourth-order valence-electron chi connectivity index (χ4n) is 1.35. The summed E-state index contributed by atoms with van der Waals surface area (Å²) in [5.74, 6) is 5.50. The maximum absolute atomic E-state index is 11.7. The number of hydrogen-bond donors (Lipinski definition) is 2. The van der Waals surface area contributed by atoms with Crippen LogP contribution >= 0.6 is 11.3 Å². The van der Waals surface area contributed by atoms with E-state index in [-0.39, 0.29) is 5.91 Å². The number of aromatic nitrogens is 2. The molecule has 0 saturated heterocycles. The monoisotopic (exact) mass is 272 g/mol. The van der Waals surface area contributed by atoms with E-state index in [2.05, 4.69) is 27.1 Å². The van der Waals surface area contributed by atoms with Crippen LogP contribution in [0.25, 0.3) is 0 Å². The van der Waals surface area contributed by atoms with Gasteiger partial charge in [-0.3, -0.25) is 9.78 Å². The van der Waals surface area contributed by atoms with Gasteiger partial charge >= 0.3 is 0 Å². The van der Waals surface area contributed by atoms with Crippen LogP contribution in [0.2, 0.25) is 0 Å². The molecular formula is C13H12N4OS. The molecule has 1 amide bonds. The number of nitrogens with two attached hydrogens (primary N) is 1. The van der Waals surface area contributed by atoms with E-state index >= 15 is 0 Å². The van der Waals surface area contributed by atoms with Crippen LogP contribution in [-0.2, 0) is 6.54 Å². The Labute approximate surface area is 114 Å². The molecule has 2 aromatic rings. The standard InChI is InChI=1S/C13H12N4OS/c14-5-1-2-10-3-4-11(19-10)8-17-13(18)12-9-15-6-7-16-12/h3-4,6-7,9H,5,8,14H2,(H,17,18). The molecule has 0 fully saturated rings. The molecule has 0 bridgehead atoms. The van der Waals surface area contributed by atoms with Gasteiger partial charge in [-0.2, -0.15) is 0 Å². The van der Waals surface area contributed by atoms with Crippen molar-refractivity contribution in [3.05, 3.63) is 46.2 Å². The summed E-state index contributed by atoms with van der Waals surface area (Å²) in [6, 6.07) is 3.85. The summed E-state index contributed by atoms with van der Waals surface area (Å²) in [6.45, 7) is 0.793. The van der Waals surface area contributed by atoms with Gasteiger partial charge in [-0.05, 0) is 12.1 Å². The molecule has 2 heterocycles. The van der Waals surface area contributed by atoms with E-state index in [4.69, 9.17) is 5.73 Å². The lowest BCUT2D eigenvalue weighted by molar-refractivity contribution is 0.0946. The first-order chi connectivity index (χ1) is 9.29. The minimum atomic E-state index is -0.240. The van der Waals surface area contributed by atoms with E-state index in [1.54, 1.807) is 0 Å². The Bertz CT molecular complexity index is 612. The van der Waals surface area contributed by atoms with Crippen molar-refractivity contribution in [1.82, 2.24) is 15.3 Å². The van der Waals surface area contributed by atoms with Crippen LogP contribution in [-0.4, -0.2) is 22.4 Å². The molecule has 0 spiro atoms. The molecule has 19 heavy (non-hydrogen) atoms. The Morgan fingerprint density at radius 3 is 3.05 bits per heavy atom. The van der Waals surface area contributed by atoms with Gasteiger partial charge in [0.1, 0.15) is 5.69 Å². The lowest BCUT2D eigenvalue weighted by Gasteiger charge is -2.01. The van der Waals surface area contributed by atoms with Crippen molar-refractivity contribution < 1.29 is 4.79 Å². The van der Waals surface area contributed by atoms with Gasteiger partial charge in [0.05, 0.1) is 24.2 Å². The van der Waals surface area contributed by atoms with Crippen LogP contribution in [0.5, 0.6) is 0 Å². The zero-order chi connectivity index (χ0) is 13.5. The average molecular weight is 272 g/mol. The van der Waals surface area contributed by atoms with Gasteiger partial charge in [0.25, 0.3) is 5.91 Å². The molecule has 0 unspecified atom stereocenters. The molecule has 0 atom stereocenters. The number of rotatable bonds is 3. The van der Waals surface area contributed by atoms with Crippen LogP contribution in [0.15, 0.2) is 30.7 Å². The van der Waals surface area contributed by atoms with Gasteiger partial charge in [-0.1, -0.05) is 11.8 Å². The van der Waals surface area contributed by atoms with Crippen molar-refractivity contribution in [3.8, 4) is 11.8 Å². The molecule has 2 aromatic heterocycles. The van der Waals surface area contributed by atoms with Gasteiger partial charge in [-0.15, -0.1) is 11.3 Å². The predicted molar refractivity (Wildman–Crippen MR) is 73.5 cm³/mol. The molecule has 2 rings (SSSR count). The van der Waals surface area contributed by atoms with E-state index < -0.39 is 0 Å². The van der Waals surface area contributed by atoms with Crippen LogP contribution in [0.1, 0.15) is 20.2 Å². The first-order valence-electron chi connectivity index (χ1n) is 5.61. The molecule has 0 aliphatic rings. The molecule has 0 radical (unpaired) electrons. The quantitative estimate of drug-likeness (QED) is 0.809. The topological polar surface area (TPSA) is 80.9 Å². The third-order valence-electron chi connectivity index (χ3n) is 2.19. The Morgan fingerprint density at radius 1 is 1.42 bits per heavy atom. The summed E-state index contributed by atoms with van der Waals surface area (Å²) in [5.41, 5.74) is 5.61. The maximum Gasteiger partial charge on any atom is 0.271 e. The fourth-order valence-corrected chi connectivity index (χ4v) is 2.17. The molecule has 96 valence electrons. The van der Waals surface area contributed by atoms with Gasteiger partial charge in [-0.25, -0.2) is 4.98 Å². The normalized spacial score (nSPS) is 9.53. The zero-order valence-corrected chi connectivity index (χ0v) is 10.9. The Hall–Kier alpha value is -2.23. The number of nitrogens with zero attached hydrogens (tertiary/aromatic N) is 2. The summed E-state index contributed by atoms with van der Waals surface area (Å²) in [6.07, 6.45) is 4.45. The second kappa shape index (κ2) is 6.64. The van der Waals surface area contributed by atoms with E-state index in [1.807, 2.05) is 12.1 Å². The lowest BCUT2D eigenvalue weighted by atomic mass is 10.4. The van der Waals surface area contributed by atoms with Crippen molar-refractivity contribution in [1.29, 1.82) is 0 Å². The van der Waals surface area contributed by atoms with E-state index in [0.29, 0.717) is 18.8 Å². The van der Waals surface area contributed by atoms with Crippen molar-refractivity contribution >= 4 is 17.2 Å². The van der Waals surface area contributed by atoms with E-state index in [0.717, 1.165) is 9.75 Å². The minimum Gasteiger partial charge on any atom is -0.346 e. The number of hydrogen-bond acceptors (Lipinski definition) is 5. The average Bonchev–Trinajstić information content (AvgIpc) is 2.91. The van der Waals surface area contributed by atoms with E-state index in [9.17, 15) is 4.79 Å². The summed E-state index contributed by atoms with van der Waals surface area (Å²) < 4.78 is 0. The fraction of sp³-hybridized carbons (Fsp3) is 0.154. The molecular weight excluding hydrogens is 260 g/mol. The van der Waals surface area contributed by atoms with Crippen molar-refractivity contribution in [3.63, 3.8) is 0 Å². The molecule has 5 nitrogen and oxygen atoms in total. The van der Waals surface area contributed by atoms with Gasteiger partial charge < -0.3 is 11.1 Å². The maximum atomic E-state index is 11.7. The second-order valence-electron chi connectivity index (χ2n) is 3.55. The molecule has 0 aliphatic heterocycles. The summed E-state index contributed by atoms with van der Waals surface area (Å²) in [7, 11) is 0. The number of nitrogens with one attached hydrogen (secondary N) is 1. The highest BCUT2D eigenvalue weighted by Crippen LogP contribution is 2.15. The number of thiophene rings is 1. The first-order valence-corrected chi connectivity index (χ1v) is 6.43. The smallest absolute Gasteiger partial charge is 0.271 e. The van der Waals surface area contributed by atoms with Crippen molar-refractivity contribution in [2.24, 2.45) is 5.73 Å². The Balaban J connectivity index is 1.92. The van der Waals surface area contributed by atoms with Crippen LogP contribution in [0, 0.1) is 11.8 Å². The number of amides is 1. The minimum absolute atomic E-state index is 0.240. The number of carbonyl (C=O) groups is 1. The van der Waals surface area contributed by atoms with Crippen LogP contribution in [0.4, 0.5) is 0 Å². The van der Waals surface area contributed by atoms with Gasteiger partial charge in [0, 0.05) is 17.3 Å². The summed E-state index contributed by atoms with van der Waals surface area (Å²) >= 11 is 1.53. The Morgan fingerprint density at radius 2 is 2.32 bits per heavy atom. The molecule has 0 aliphatic carbocycles. The van der Waals surface area contributed by atoms with E-state index in [1.165, 1.54) is 29.9 Å². The van der Waals surface area contributed by atoms with Crippen molar-refractivity contribution in [2.45, 2.75) is 6.54 Å². The molecule has 0 saturated carbocycles. The second-order valence-corrected chi connectivity index (χ2v) is 4.71. The third-order valence-corrected chi connectivity index (χ3v) is 3.19. The zero-order valence-electron chi connectivity index (χ0n) is 10.1. The van der Waals surface area contributed by atoms with Crippen LogP contribution in [0.3, 0.4) is 0 Å². The summed E-state index contributed by atoms with van der Waals surface area (Å²) in [5, 5.41) is 2.78. The molecule has 0 aromatic carbocycles. The highest BCUT2D eigenvalue weighted by Gasteiger charge is 2.06. The lowest BCUT2D eigenvalue weighted by Crippen LogP contribution is -2.23. The highest BCUT2D eigenvalue weighted by molar-refractivity contribution is 7.12. The SMILES string of the molecule is NCC#Cc1ccc(CNC(=O)c2cnccn2)s1. The van der Waals surface area contributed by atoms with Crippen molar-refractivity contribution in [2.75, 3.05) is 6.54 Å². The first kappa shape index (κ1) is 13.2. The number of carbonyl (C=O) groups excluding carboxylic acids is 1. The summed E-state index contributed by atoms with van der Waals surface area (Å²) in [4.78, 5) is 21.5. The predicted octanol–water partition coefficient (Wildman–Crippen LogP) is 0.778. The van der Waals surface area contributed by atoms with Gasteiger partial charge in [0.2, 0.25) is 0 Å².